The summed E-state index contributed by atoms with van der Waals surface area (Å²) in [4.78, 5) is 2.42. The van der Waals surface area contributed by atoms with Gasteiger partial charge in [-0.3, -0.25) is 4.90 Å². The van der Waals surface area contributed by atoms with Crippen LogP contribution in [0.5, 0.6) is 0 Å². The van der Waals surface area contributed by atoms with Gasteiger partial charge in [0.15, 0.2) is 0 Å². The molecule has 0 N–H and O–H groups in total. The van der Waals surface area contributed by atoms with Gasteiger partial charge >= 0.3 is 0 Å². The van der Waals surface area contributed by atoms with Crippen molar-refractivity contribution in [3.63, 3.8) is 0 Å². The third kappa shape index (κ3) is 4.02. The molecule has 116 valence electrons. The van der Waals surface area contributed by atoms with E-state index < -0.39 is 0 Å². The number of rotatable bonds is 3. The van der Waals surface area contributed by atoms with Crippen LogP contribution < -0.4 is 0 Å². The van der Waals surface area contributed by atoms with Gasteiger partial charge in [0, 0.05) is 29.7 Å². The van der Waals surface area contributed by atoms with Gasteiger partial charge in [-0.1, -0.05) is 40.9 Å². The van der Waals surface area contributed by atoms with Crippen molar-refractivity contribution in [2.45, 2.75) is 13.5 Å². The van der Waals surface area contributed by atoms with Crippen molar-refractivity contribution in [3.05, 3.63) is 57.6 Å². The first-order chi connectivity index (χ1) is 10.6. The Kier molecular flexibility index (Phi) is 5.04. The highest BCUT2D eigenvalue weighted by molar-refractivity contribution is 6.35. The molecule has 0 spiro atoms. The first kappa shape index (κ1) is 15.8. The van der Waals surface area contributed by atoms with Gasteiger partial charge in [0.2, 0.25) is 0 Å². The summed E-state index contributed by atoms with van der Waals surface area (Å²) in [5.74, 6) is 0. The molecule has 0 atom stereocenters. The maximum Gasteiger partial charge on any atom is 0.0594 e. The lowest BCUT2D eigenvalue weighted by Crippen LogP contribution is -2.35. The zero-order chi connectivity index (χ0) is 15.5. The fourth-order valence-corrected chi connectivity index (χ4v) is 3.38. The Morgan fingerprint density at radius 2 is 1.55 bits per heavy atom. The second-order valence-corrected chi connectivity index (χ2v) is 6.63. The van der Waals surface area contributed by atoms with E-state index in [1.807, 2.05) is 12.1 Å². The second-order valence-electron chi connectivity index (χ2n) is 5.75. The van der Waals surface area contributed by atoms with Crippen LogP contribution in [0.15, 0.2) is 36.4 Å². The minimum Gasteiger partial charge on any atom is -0.379 e. The predicted molar refractivity (Wildman–Crippen MR) is 92.7 cm³/mol. The normalized spacial score (nSPS) is 16.0. The van der Waals surface area contributed by atoms with Crippen LogP contribution in [0.3, 0.4) is 0 Å². The summed E-state index contributed by atoms with van der Waals surface area (Å²) in [6.07, 6.45) is 0. The predicted octanol–water partition coefficient (Wildman–Crippen LogP) is 4.80. The topological polar surface area (TPSA) is 12.5 Å². The first-order valence-electron chi connectivity index (χ1n) is 7.47. The number of aryl methyl sites for hydroxylation is 1. The molecule has 0 bridgehead atoms. The van der Waals surface area contributed by atoms with Gasteiger partial charge in [0.05, 0.1) is 13.2 Å². The Morgan fingerprint density at radius 1 is 0.909 bits per heavy atom. The molecule has 0 unspecified atom stereocenters. The van der Waals surface area contributed by atoms with E-state index in [2.05, 4.69) is 30.0 Å². The van der Waals surface area contributed by atoms with Gasteiger partial charge in [0.1, 0.15) is 0 Å². The van der Waals surface area contributed by atoms with E-state index in [0.717, 1.165) is 44.0 Å². The highest BCUT2D eigenvalue weighted by Gasteiger charge is 2.12. The molecule has 0 saturated carbocycles. The van der Waals surface area contributed by atoms with E-state index in [0.29, 0.717) is 10.0 Å². The largest absolute Gasteiger partial charge is 0.379 e. The Hall–Kier alpha value is -1.06. The van der Waals surface area contributed by atoms with Crippen molar-refractivity contribution in [1.29, 1.82) is 0 Å². The minimum atomic E-state index is 0.665. The average molecular weight is 336 g/mol. The molecule has 1 fully saturated rings. The van der Waals surface area contributed by atoms with Crippen molar-refractivity contribution in [3.8, 4) is 11.1 Å². The summed E-state index contributed by atoms with van der Waals surface area (Å²) in [5, 5.41) is 1.33. The summed E-state index contributed by atoms with van der Waals surface area (Å²) in [7, 11) is 0. The number of halogens is 2. The molecule has 0 radical (unpaired) electrons. The number of ether oxygens (including phenoxy) is 1. The molecule has 0 aromatic heterocycles. The highest BCUT2D eigenvalue weighted by Crippen LogP contribution is 2.29. The molecule has 4 heteroatoms. The molecule has 2 aromatic carbocycles. The van der Waals surface area contributed by atoms with E-state index >= 15 is 0 Å². The Bertz CT molecular complexity index is 646. The van der Waals surface area contributed by atoms with E-state index in [1.54, 1.807) is 6.07 Å². The zero-order valence-corrected chi connectivity index (χ0v) is 14.1. The molecule has 1 saturated heterocycles. The number of benzene rings is 2. The molecule has 3 rings (SSSR count). The molecule has 0 aliphatic carbocycles. The number of nitrogens with zero attached hydrogens (tertiary/aromatic N) is 1. The lowest BCUT2D eigenvalue weighted by atomic mass is 10.00. The molecule has 0 amide bonds. The van der Waals surface area contributed by atoms with Crippen LogP contribution >= 0.6 is 23.2 Å². The van der Waals surface area contributed by atoms with Gasteiger partial charge in [-0.05, 0) is 47.9 Å². The number of morpholine rings is 1. The molecule has 1 aliphatic heterocycles. The Morgan fingerprint density at radius 3 is 2.23 bits per heavy atom. The quantitative estimate of drug-likeness (QED) is 0.798. The SMILES string of the molecule is Cc1cc(CN2CCOCC2)cc(-c2cc(Cl)cc(Cl)c2)c1. The third-order valence-electron chi connectivity index (χ3n) is 3.84. The van der Waals surface area contributed by atoms with Crippen molar-refractivity contribution < 1.29 is 4.74 Å². The zero-order valence-electron chi connectivity index (χ0n) is 12.6. The van der Waals surface area contributed by atoms with Crippen LogP contribution in [-0.2, 0) is 11.3 Å². The smallest absolute Gasteiger partial charge is 0.0594 e. The van der Waals surface area contributed by atoms with Crippen LogP contribution in [0, 0.1) is 6.92 Å². The van der Waals surface area contributed by atoms with Crippen molar-refractivity contribution >= 4 is 23.2 Å². The average Bonchev–Trinajstić information content (AvgIpc) is 2.46. The van der Waals surface area contributed by atoms with Crippen LogP contribution in [-0.4, -0.2) is 31.2 Å². The van der Waals surface area contributed by atoms with Crippen LogP contribution in [0.25, 0.3) is 11.1 Å². The maximum absolute atomic E-state index is 6.13. The highest BCUT2D eigenvalue weighted by atomic mass is 35.5. The maximum atomic E-state index is 6.13. The van der Waals surface area contributed by atoms with Crippen LogP contribution in [0.1, 0.15) is 11.1 Å². The van der Waals surface area contributed by atoms with Gasteiger partial charge in [0.25, 0.3) is 0 Å². The number of hydrogen-bond donors (Lipinski definition) is 0. The van der Waals surface area contributed by atoms with E-state index in [4.69, 9.17) is 27.9 Å². The lowest BCUT2D eigenvalue weighted by molar-refractivity contribution is 0.0342. The minimum absolute atomic E-state index is 0.665. The standard InChI is InChI=1S/C18H19Cl2NO/c1-13-6-14(12-21-2-4-22-5-3-21)8-15(7-13)16-9-17(19)11-18(20)10-16/h6-11H,2-5,12H2,1H3. The second kappa shape index (κ2) is 7.01. The molecular weight excluding hydrogens is 317 g/mol. The van der Waals surface area contributed by atoms with Crippen molar-refractivity contribution in [2.75, 3.05) is 26.3 Å². The molecule has 2 nitrogen and oxygen atoms in total. The fraction of sp³-hybridized carbons (Fsp3) is 0.333. The van der Waals surface area contributed by atoms with Crippen molar-refractivity contribution in [2.24, 2.45) is 0 Å². The monoisotopic (exact) mass is 335 g/mol. The summed E-state index contributed by atoms with van der Waals surface area (Å²) < 4.78 is 5.41. The Balaban J connectivity index is 1.88. The van der Waals surface area contributed by atoms with Crippen LogP contribution in [0.4, 0.5) is 0 Å². The fourth-order valence-electron chi connectivity index (χ4n) is 2.86. The van der Waals surface area contributed by atoms with E-state index in [9.17, 15) is 0 Å². The van der Waals surface area contributed by atoms with E-state index in [1.165, 1.54) is 11.1 Å². The summed E-state index contributed by atoms with van der Waals surface area (Å²) in [6, 6.07) is 12.3. The molecule has 1 aliphatic rings. The number of hydrogen-bond acceptors (Lipinski definition) is 2. The lowest BCUT2D eigenvalue weighted by Gasteiger charge is -2.26. The van der Waals surface area contributed by atoms with Crippen LogP contribution in [0.2, 0.25) is 10.0 Å². The van der Waals surface area contributed by atoms with Crippen molar-refractivity contribution in [1.82, 2.24) is 4.90 Å². The summed E-state index contributed by atoms with van der Waals surface area (Å²) in [5.41, 5.74) is 4.78. The van der Waals surface area contributed by atoms with Gasteiger partial charge < -0.3 is 4.74 Å². The molecular formula is C18H19Cl2NO. The summed E-state index contributed by atoms with van der Waals surface area (Å²) >= 11 is 12.3. The third-order valence-corrected chi connectivity index (χ3v) is 4.28. The summed E-state index contributed by atoms with van der Waals surface area (Å²) in [6.45, 7) is 6.70. The van der Waals surface area contributed by atoms with Gasteiger partial charge in [-0.25, -0.2) is 0 Å². The molecule has 1 heterocycles. The molecule has 22 heavy (non-hydrogen) atoms. The van der Waals surface area contributed by atoms with E-state index in [-0.39, 0.29) is 0 Å². The van der Waals surface area contributed by atoms with Gasteiger partial charge in [-0.2, -0.15) is 0 Å². The first-order valence-corrected chi connectivity index (χ1v) is 8.23. The Labute approximate surface area is 141 Å². The van der Waals surface area contributed by atoms with Gasteiger partial charge in [-0.15, -0.1) is 0 Å². The molecule has 2 aromatic rings.